The van der Waals surface area contributed by atoms with E-state index in [4.69, 9.17) is 16.7 Å². The molecule has 0 spiro atoms. The molecular formula is C7H5ClF3NO. The number of alkyl halides is 3. The molecule has 1 atom stereocenters. The lowest BCUT2D eigenvalue weighted by molar-refractivity contribution is -0.207. The van der Waals surface area contributed by atoms with Crippen LogP contribution in [0, 0.1) is 0 Å². The van der Waals surface area contributed by atoms with Crippen LogP contribution in [0.3, 0.4) is 0 Å². The number of aliphatic hydroxyl groups excluding tert-OH is 1. The zero-order valence-electron chi connectivity index (χ0n) is 6.22. The fraction of sp³-hybridized carbons (Fsp3) is 0.286. The van der Waals surface area contributed by atoms with Gasteiger partial charge in [0.15, 0.2) is 6.10 Å². The van der Waals surface area contributed by atoms with Crippen LogP contribution in [-0.4, -0.2) is 16.3 Å². The quantitative estimate of drug-likeness (QED) is 0.724. The molecule has 1 aromatic rings. The van der Waals surface area contributed by atoms with E-state index in [1.165, 1.54) is 12.1 Å². The van der Waals surface area contributed by atoms with Crippen molar-refractivity contribution >= 4 is 11.6 Å². The topological polar surface area (TPSA) is 33.1 Å². The van der Waals surface area contributed by atoms with Gasteiger partial charge in [-0.05, 0) is 12.1 Å². The van der Waals surface area contributed by atoms with Gasteiger partial charge in [0.05, 0.1) is 5.69 Å². The number of halogens is 4. The monoisotopic (exact) mass is 211 g/mol. The average molecular weight is 212 g/mol. The molecule has 0 bridgehead atoms. The largest absolute Gasteiger partial charge is 0.420 e. The number of pyridine rings is 1. The summed E-state index contributed by atoms with van der Waals surface area (Å²) in [5, 5.41) is 8.65. The summed E-state index contributed by atoms with van der Waals surface area (Å²) >= 11 is 5.35. The van der Waals surface area contributed by atoms with Gasteiger partial charge >= 0.3 is 6.18 Å². The van der Waals surface area contributed by atoms with Crippen LogP contribution >= 0.6 is 11.6 Å². The maximum atomic E-state index is 11.9. The van der Waals surface area contributed by atoms with Crippen LogP contribution in [0.25, 0.3) is 0 Å². The Morgan fingerprint density at radius 2 is 2.00 bits per heavy atom. The highest BCUT2D eigenvalue weighted by Gasteiger charge is 2.40. The molecule has 6 heteroatoms. The van der Waals surface area contributed by atoms with E-state index in [-0.39, 0.29) is 5.15 Å². The van der Waals surface area contributed by atoms with Crippen LogP contribution in [-0.2, 0) is 0 Å². The molecule has 0 amide bonds. The highest BCUT2D eigenvalue weighted by Crippen LogP contribution is 2.31. The van der Waals surface area contributed by atoms with Gasteiger partial charge in [0.25, 0.3) is 0 Å². The molecule has 1 rings (SSSR count). The molecule has 72 valence electrons. The van der Waals surface area contributed by atoms with E-state index in [1.807, 2.05) is 0 Å². The van der Waals surface area contributed by atoms with Gasteiger partial charge in [-0.1, -0.05) is 17.7 Å². The summed E-state index contributed by atoms with van der Waals surface area (Å²) in [5.74, 6) is 0. The summed E-state index contributed by atoms with van der Waals surface area (Å²) in [7, 11) is 0. The van der Waals surface area contributed by atoms with Crippen molar-refractivity contribution in [2.45, 2.75) is 12.3 Å². The third-order valence-corrected chi connectivity index (χ3v) is 1.54. The predicted molar refractivity (Wildman–Crippen MR) is 40.3 cm³/mol. The number of nitrogens with zero attached hydrogens (tertiary/aromatic N) is 1. The summed E-state index contributed by atoms with van der Waals surface area (Å²) in [5.41, 5.74) is -0.500. The Morgan fingerprint density at radius 1 is 1.38 bits per heavy atom. The minimum atomic E-state index is -4.71. The van der Waals surface area contributed by atoms with Crippen molar-refractivity contribution < 1.29 is 18.3 Å². The van der Waals surface area contributed by atoms with Gasteiger partial charge in [-0.15, -0.1) is 0 Å². The first-order valence-corrected chi connectivity index (χ1v) is 3.66. The lowest BCUT2D eigenvalue weighted by Gasteiger charge is -2.13. The first kappa shape index (κ1) is 10.3. The Hall–Kier alpha value is -0.810. The van der Waals surface area contributed by atoms with Crippen LogP contribution in [0.1, 0.15) is 11.8 Å². The van der Waals surface area contributed by atoms with Crippen LogP contribution < -0.4 is 0 Å². The number of aliphatic hydroxyl groups is 1. The fourth-order valence-corrected chi connectivity index (χ4v) is 0.914. The molecule has 0 radical (unpaired) electrons. The Morgan fingerprint density at radius 3 is 2.46 bits per heavy atom. The van der Waals surface area contributed by atoms with Gasteiger partial charge in [-0.25, -0.2) is 4.98 Å². The van der Waals surface area contributed by atoms with Gasteiger partial charge in [0.1, 0.15) is 5.15 Å². The van der Waals surface area contributed by atoms with Crippen molar-refractivity contribution in [2.75, 3.05) is 0 Å². The fourth-order valence-electron chi connectivity index (χ4n) is 0.744. The molecule has 0 aliphatic rings. The third kappa shape index (κ3) is 2.57. The Labute approximate surface area is 77.0 Å². The first-order valence-electron chi connectivity index (χ1n) is 3.28. The van der Waals surface area contributed by atoms with Crippen LogP contribution in [0.4, 0.5) is 13.2 Å². The lowest BCUT2D eigenvalue weighted by atomic mass is 10.2. The number of aromatic nitrogens is 1. The number of hydrogen-bond donors (Lipinski definition) is 1. The van der Waals surface area contributed by atoms with Crippen molar-refractivity contribution in [3.05, 3.63) is 29.0 Å². The normalized spacial score (nSPS) is 14.2. The predicted octanol–water partition coefficient (Wildman–Crippen LogP) is 2.33. The summed E-state index contributed by atoms with van der Waals surface area (Å²) < 4.78 is 35.8. The SMILES string of the molecule is O[C@H](c1cccc(Cl)n1)C(F)(F)F. The molecule has 1 aromatic heterocycles. The van der Waals surface area contributed by atoms with E-state index in [0.29, 0.717) is 0 Å². The zero-order chi connectivity index (χ0) is 10.1. The average Bonchev–Trinajstić information content (AvgIpc) is 2.01. The van der Waals surface area contributed by atoms with Crippen molar-refractivity contribution in [3.8, 4) is 0 Å². The summed E-state index contributed by atoms with van der Waals surface area (Å²) in [4.78, 5) is 3.33. The van der Waals surface area contributed by atoms with E-state index < -0.39 is 18.0 Å². The van der Waals surface area contributed by atoms with Gasteiger partial charge in [-0.3, -0.25) is 0 Å². The highest BCUT2D eigenvalue weighted by atomic mass is 35.5. The maximum absolute atomic E-state index is 11.9. The Kier molecular flexibility index (Phi) is 2.77. The standard InChI is InChI=1S/C7H5ClF3NO/c8-5-3-1-2-4(12-5)6(13)7(9,10)11/h1-3,6,13H/t6-/m1/s1. The second-order valence-electron chi connectivity index (χ2n) is 2.33. The minimum absolute atomic E-state index is 0.0826. The first-order chi connectivity index (χ1) is 5.91. The molecule has 0 unspecified atom stereocenters. The van der Waals surface area contributed by atoms with E-state index >= 15 is 0 Å². The summed E-state index contributed by atoms with van der Waals surface area (Å²) in [6.45, 7) is 0. The van der Waals surface area contributed by atoms with Gasteiger partial charge in [-0.2, -0.15) is 13.2 Å². The van der Waals surface area contributed by atoms with Crippen LogP contribution in [0.2, 0.25) is 5.15 Å². The molecular weight excluding hydrogens is 207 g/mol. The minimum Gasteiger partial charge on any atom is -0.378 e. The van der Waals surface area contributed by atoms with E-state index in [9.17, 15) is 13.2 Å². The highest BCUT2D eigenvalue weighted by molar-refractivity contribution is 6.29. The molecule has 2 nitrogen and oxygen atoms in total. The smallest absolute Gasteiger partial charge is 0.378 e. The maximum Gasteiger partial charge on any atom is 0.420 e. The van der Waals surface area contributed by atoms with E-state index in [1.54, 1.807) is 0 Å². The molecule has 1 heterocycles. The molecule has 0 aliphatic heterocycles. The number of hydrogen-bond acceptors (Lipinski definition) is 2. The van der Waals surface area contributed by atoms with Crippen molar-refractivity contribution in [3.63, 3.8) is 0 Å². The molecule has 0 saturated carbocycles. The molecule has 13 heavy (non-hydrogen) atoms. The zero-order valence-corrected chi connectivity index (χ0v) is 6.97. The Balaban J connectivity index is 2.96. The summed E-state index contributed by atoms with van der Waals surface area (Å²) in [6.07, 6.45) is -7.29. The second kappa shape index (κ2) is 3.51. The van der Waals surface area contributed by atoms with E-state index in [0.717, 1.165) is 6.07 Å². The molecule has 0 fully saturated rings. The van der Waals surface area contributed by atoms with Crippen LogP contribution in [0.5, 0.6) is 0 Å². The van der Waals surface area contributed by atoms with E-state index in [2.05, 4.69) is 4.98 Å². The van der Waals surface area contributed by atoms with Gasteiger partial charge in [0, 0.05) is 0 Å². The van der Waals surface area contributed by atoms with Crippen molar-refractivity contribution in [2.24, 2.45) is 0 Å². The van der Waals surface area contributed by atoms with Crippen molar-refractivity contribution in [1.82, 2.24) is 4.98 Å². The van der Waals surface area contributed by atoms with Gasteiger partial charge < -0.3 is 5.11 Å². The molecule has 0 aromatic carbocycles. The molecule has 0 saturated heterocycles. The van der Waals surface area contributed by atoms with Gasteiger partial charge in [0.2, 0.25) is 0 Å². The number of rotatable bonds is 1. The third-order valence-electron chi connectivity index (χ3n) is 1.33. The molecule has 0 aliphatic carbocycles. The second-order valence-corrected chi connectivity index (χ2v) is 2.72. The van der Waals surface area contributed by atoms with Crippen molar-refractivity contribution in [1.29, 1.82) is 0 Å². The summed E-state index contributed by atoms with van der Waals surface area (Å²) in [6, 6.07) is 3.68. The lowest BCUT2D eigenvalue weighted by Crippen LogP contribution is -2.21. The van der Waals surface area contributed by atoms with Crippen LogP contribution in [0.15, 0.2) is 18.2 Å². The Bertz CT molecular complexity index is 302. The molecule has 1 N–H and O–H groups in total.